The lowest BCUT2D eigenvalue weighted by Crippen LogP contribution is -2.30. The first kappa shape index (κ1) is 18.4. The number of nitrogens with one attached hydrogen (secondary N) is 1. The lowest BCUT2D eigenvalue weighted by Gasteiger charge is -2.15. The van der Waals surface area contributed by atoms with Gasteiger partial charge < -0.3 is 10.1 Å². The van der Waals surface area contributed by atoms with E-state index in [1.807, 2.05) is 49.1 Å². The van der Waals surface area contributed by atoms with Crippen LogP contribution in [0.1, 0.15) is 38.2 Å². The van der Waals surface area contributed by atoms with Crippen LogP contribution in [0.4, 0.5) is 5.69 Å². The highest BCUT2D eigenvalue weighted by atomic mass is 32.2. The van der Waals surface area contributed by atoms with E-state index in [4.69, 9.17) is 4.74 Å². The zero-order valence-corrected chi connectivity index (χ0v) is 15.9. The zero-order valence-electron chi connectivity index (χ0n) is 15.1. The minimum atomic E-state index is -0.591. The molecule has 2 aromatic rings. The van der Waals surface area contributed by atoms with Gasteiger partial charge in [-0.15, -0.1) is 11.8 Å². The summed E-state index contributed by atoms with van der Waals surface area (Å²) in [5, 5.41) is 7.43. The molecule has 1 aromatic heterocycles. The van der Waals surface area contributed by atoms with E-state index in [2.05, 4.69) is 24.3 Å². The van der Waals surface area contributed by atoms with Gasteiger partial charge in [-0.3, -0.25) is 9.48 Å². The first-order valence-electron chi connectivity index (χ1n) is 8.00. The van der Waals surface area contributed by atoms with Gasteiger partial charge in [-0.05, 0) is 65.1 Å². The van der Waals surface area contributed by atoms with Gasteiger partial charge in [0.15, 0.2) is 6.10 Å². The van der Waals surface area contributed by atoms with E-state index in [1.54, 1.807) is 18.7 Å². The van der Waals surface area contributed by atoms with E-state index < -0.39 is 6.10 Å². The van der Waals surface area contributed by atoms with Crippen LogP contribution in [0, 0.1) is 13.8 Å². The number of thioether (sulfide) groups is 1. The molecule has 1 heterocycles. The molecular weight excluding hydrogens is 322 g/mol. The van der Waals surface area contributed by atoms with Gasteiger partial charge in [0.1, 0.15) is 5.75 Å². The quantitative estimate of drug-likeness (QED) is 0.795. The molecule has 0 saturated carbocycles. The summed E-state index contributed by atoms with van der Waals surface area (Å²) >= 11 is 1.67. The van der Waals surface area contributed by atoms with Gasteiger partial charge in [-0.2, -0.15) is 5.10 Å². The van der Waals surface area contributed by atoms with Crippen LogP contribution in [-0.2, 0) is 4.79 Å². The summed E-state index contributed by atoms with van der Waals surface area (Å²) in [6, 6.07) is 7.96. The van der Waals surface area contributed by atoms with Gasteiger partial charge in [0, 0.05) is 10.9 Å². The topological polar surface area (TPSA) is 56.1 Å². The van der Waals surface area contributed by atoms with E-state index in [-0.39, 0.29) is 11.9 Å². The molecule has 0 fully saturated rings. The van der Waals surface area contributed by atoms with Crippen LogP contribution >= 0.6 is 11.8 Å². The maximum atomic E-state index is 12.4. The molecule has 1 N–H and O–H groups in total. The van der Waals surface area contributed by atoms with Crippen molar-refractivity contribution in [3.63, 3.8) is 0 Å². The number of anilines is 1. The van der Waals surface area contributed by atoms with Crippen molar-refractivity contribution in [2.75, 3.05) is 11.6 Å². The second kappa shape index (κ2) is 7.75. The molecule has 0 saturated heterocycles. The Morgan fingerprint density at radius 1 is 1.21 bits per heavy atom. The highest BCUT2D eigenvalue weighted by Crippen LogP contribution is 2.23. The standard InChI is InChI=1S/C18H25N3O2S/c1-11(2)21-13(4)17(12(3)20-21)19-18(22)14(5)23-15-7-9-16(24-6)10-8-15/h7-11,14H,1-6H3,(H,19,22)/t14-/m0/s1. The second-order valence-electron chi connectivity index (χ2n) is 6.01. The number of carbonyl (C=O) groups is 1. The van der Waals surface area contributed by atoms with Gasteiger partial charge in [0.25, 0.3) is 5.91 Å². The number of aromatic nitrogens is 2. The molecule has 0 aliphatic carbocycles. The SMILES string of the molecule is CSc1ccc(O[C@@H](C)C(=O)Nc2c(C)nn(C(C)C)c2C)cc1. The summed E-state index contributed by atoms with van der Waals surface area (Å²) in [5.74, 6) is 0.500. The summed E-state index contributed by atoms with van der Waals surface area (Å²) in [5.41, 5.74) is 2.53. The van der Waals surface area contributed by atoms with Crippen molar-refractivity contribution in [3.8, 4) is 5.75 Å². The molecule has 0 spiro atoms. The number of amides is 1. The fraction of sp³-hybridized carbons (Fsp3) is 0.444. The van der Waals surface area contributed by atoms with Crippen LogP contribution in [0.2, 0.25) is 0 Å². The molecule has 0 aliphatic rings. The Labute approximate surface area is 147 Å². The Balaban J connectivity index is 2.06. The van der Waals surface area contributed by atoms with Gasteiger partial charge in [-0.25, -0.2) is 0 Å². The van der Waals surface area contributed by atoms with Crippen LogP contribution in [0.3, 0.4) is 0 Å². The van der Waals surface area contributed by atoms with Crippen LogP contribution in [0.5, 0.6) is 5.75 Å². The van der Waals surface area contributed by atoms with Crippen LogP contribution < -0.4 is 10.1 Å². The number of carbonyl (C=O) groups excluding carboxylic acids is 1. The second-order valence-corrected chi connectivity index (χ2v) is 6.89. The molecule has 1 atom stereocenters. The van der Waals surface area contributed by atoms with E-state index in [0.29, 0.717) is 5.75 Å². The molecule has 5 nitrogen and oxygen atoms in total. The lowest BCUT2D eigenvalue weighted by molar-refractivity contribution is -0.122. The minimum Gasteiger partial charge on any atom is -0.481 e. The van der Waals surface area contributed by atoms with Crippen molar-refractivity contribution in [2.24, 2.45) is 0 Å². The molecule has 0 aliphatic heterocycles. The molecule has 2 rings (SSSR count). The Morgan fingerprint density at radius 3 is 2.33 bits per heavy atom. The first-order chi connectivity index (χ1) is 11.3. The Bertz CT molecular complexity index is 708. The predicted molar refractivity (Wildman–Crippen MR) is 99.0 cm³/mol. The first-order valence-corrected chi connectivity index (χ1v) is 9.23. The van der Waals surface area contributed by atoms with Gasteiger partial charge in [0.05, 0.1) is 17.1 Å². The van der Waals surface area contributed by atoms with Crippen LogP contribution in [-0.4, -0.2) is 28.0 Å². The molecule has 24 heavy (non-hydrogen) atoms. The number of hydrogen-bond donors (Lipinski definition) is 1. The summed E-state index contributed by atoms with van der Waals surface area (Å²) < 4.78 is 7.65. The number of ether oxygens (including phenoxy) is 1. The number of aryl methyl sites for hydroxylation is 1. The molecule has 1 amide bonds. The number of hydrogen-bond acceptors (Lipinski definition) is 4. The Hall–Kier alpha value is -1.95. The molecule has 0 radical (unpaired) electrons. The maximum absolute atomic E-state index is 12.4. The normalized spacial score (nSPS) is 12.3. The average molecular weight is 347 g/mol. The van der Waals surface area contributed by atoms with Crippen molar-refractivity contribution < 1.29 is 9.53 Å². The molecule has 130 valence electrons. The highest BCUT2D eigenvalue weighted by molar-refractivity contribution is 7.98. The third kappa shape index (κ3) is 4.12. The Kier molecular flexibility index (Phi) is 5.94. The zero-order chi connectivity index (χ0) is 17.9. The van der Waals surface area contributed by atoms with Crippen molar-refractivity contribution in [2.45, 2.75) is 51.7 Å². The minimum absolute atomic E-state index is 0.182. The maximum Gasteiger partial charge on any atom is 0.265 e. The number of rotatable bonds is 6. The van der Waals surface area contributed by atoms with E-state index in [1.165, 1.54) is 0 Å². The third-order valence-electron chi connectivity index (χ3n) is 3.80. The fourth-order valence-electron chi connectivity index (χ4n) is 2.48. The number of nitrogens with zero attached hydrogens (tertiary/aromatic N) is 2. The summed E-state index contributed by atoms with van der Waals surface area (Å²) in [4.78, 5) is 13.6. The summed E-state index contributed by atoms with van der Waals surface area (Å²) in [7, 11) is 0. The fourth-order valence-corrected chi connectivity index (χ4v) is 2.89. The van der Waals surface area contributed by atoms with Gasteiger partial charge >= 0.3 is 0 Å². The monoisotopic (exact) mass is 347 g/mol. The van der Waals surface area contributed by atoms with E-state index >= 15 is 0 Å². The summed E-state index contributed by atoms with van der Waals surface area (Å²) in [6.07, 6.45) is 1.43. The van der Waals surface area contributed by atoms with Gasteiger partial charge in [-0.1, -0.05) is 0 Å². The third-order valence-corrected chi connectivity index (χ3v) is 4.55. The van der Waals surface area contributed by atoms with Crippen molar-refractivity contribution in [1.82, 2.24) is 9.78 Å². The van der Waals surface area contributed by atoms with Crippen LogP contribution in [0.15, 0.2) is 29.2 Å². The van der Waals surface area contributed by atoms with Crippen LogP contribution in [0.25, 0.3) is 0 Å². The van der Waals surface area contributed by atoms with Crippen molar-refractivity contribution >= 4 is 23.4 Å². The van der Waals surface area contributed by atoms with Crippen molar-refractivity contribution in [1.29, 1.82) is 0 Å². The molecule has 1 aromatic carbocycles. The van der Waals surface area contributed by atoms with E-state index in [9.17, 15) is 4.79 Å². The predicted octanol–water partition coefficient (Wildman–Crippen LogP) is 4.21. The number of benzene rings is 1. The molecule has 0 bridgehead atoms. The molecule has 0 unspecified atom stereocenters. The van der Waals surface area contributed by atoms with Gasteiger partial charge in [0.2, 0.25) is 0 Å². The smallest absolute Gasteiger partial charge is 0.265 e. The Morgan fingerprint density at radius 2 is 1.83 bits per heavy atom. The van der Waals surface area contributed by atoms with Crippen molar-refractivity contribution in [3.05, 3.63) is 35.7 Å². The molecule has 6 heteroatoms. The average Bonchev–Trinajstić information content (AvgIpc) is 2.83. The van der Waals surface area contributed by atoms with E-state index in [0.717, 1.165) is 22.0 Å². The highest BCUT2D eigenvalue weighted by Gasteiger charge is 2.20. The largest absolute Gasteiger partial charge is 0.481 e. The lowest BCUT2D eigenvalue weighted by atomic mass is 10.2. The molecular formula is C18H25N3O2S. The summed E-state index contributed by atoms with van der Waals surface area (Å²) in [6.45, 7) is 9.73.